The van der Waals surface area contributed by atoms with Gasteiger partial charge < -0.3 is 15.0 Å². The Morgan fingerprint density at radius 3 is 3.00 bits per heavy atom. The third kappa shape index (κ3) is 4.55. The zero-order valence-electron chi connectivity index (χ0n) is 13.2. The highest BCUT2D eigenvalue weighted by atomic mass is 35.5. The monoisotopic (exact) mass is 371 g/mol. The summed E-state index contributed by atoms with van der Waals surface area (Å²) in [5.74, 6) is -0.447. The van der Waals surface area contributed by atoms with Crippen molar-refractivity contribution >= 4 is 46.3 Å². The molecule has 9 heteroatoms. The van der Waals surface area contributed by atoms with Gasteiger partial charge >= 0.3 is 5.97 Å². The molecule has 1 aliphatic heterocycles. The van der Waals surface area contributed by atoms with Gasteiger partial charge in [-0.1, -0.05) is 11.6 Å². The molecular formula is C15H18ClN3O4S. The number of hydrogen-bond donors (Lipinski definition) is 1. The van der Waals surface area contributed by atoms with Gasteiger partial charge in [0.25, 0.3) is 5.69 Å². The van der Waals surface area contributed by atoms with Gasteiger partial charge in [0.15, 0.2) is 5.11 Å². The van der Waals surface area contributed by atoms with E-state index in [2.05, 4.69) is 5.32 Å². The van der Waals surface area contributed by atoms with Crippen molar-refractivity contribution in [1.29, 1.82) is 0 Å². The summed E-state index contributed by atoms with van der Waals surface area (Å²) in [6, 6.07) is 4.11. The lowest BCUT2D eigenvalue weighted by Crippen LogP contribution is -2.44. The van der Waals surface area contributed by atoms with Gasteiger partial charge in [0.1, 0.15) is 0 Å². The normalized spacial score (nSPS) is 17.2. The van der Waals surface area contributed by atoms with Crippen LogP contribution < -0.4 is 5.32 Å². The molecule has 1 N–H and O–H groups in total. The van der Waals surface area contributed by atoms with Crippen LogP contribution in [0.3, 0.4) is 0 Å². The van der Waals surface area contributed by atoms with Gasteiger partial charge in [-0.05, 0) is 38.0 Å². The number of nitrogens with one attached hydrogen (secondary N) is 1. The first kappa shape index (κ1) is 18.4. The third-order valence-electron chi connectivity index (χ3n) is 3.73. The Labute approximate surface area is 150 Å². The van der Waals surface area contributed by atoms with Crippen LogP contribution in [0.15, 0.2) is 18.2 Å². The zero-order chi connectivity index (χ0) is 17.7. The van der Waals surface area contributed by atoms with Gasteiger partial charge in [-0.2, -0.15) is 0 Å². The van der Waals surface area contributed by atoms with E-state index in [1.165, 1.54) is 18.2 Å². The van der Waals surface area contributed by atoms with E-state index in [1.54, 1.807) is 6.92 Å². The SMILES string of the molecule is CCOC(=O)[C@H]1CCCN(C(=S)Nc2cc([N+](=O)[O-])ccc2Cl)C1. The molecule has 0 bridgehead atoms. The molecule has 0 saturated carbocycles. The number of carbonyl (C=O) groups is 1. The Hall–Kier alpha value is -1.93. The van der Waals surface area contributed by atoms with Gasteiger partial charge in [-0.25, -0.2) is 0 Å². The summed E-state index contributed by atoms with van der Waals surface area (Å²) < 4.78 is 5.06. The largest absolute Gasteiger partial charge is 0.466 e. The van der Waals surface area contributed by atoms with Gasteiger partial charge in [0.2, 0.25) is 0 Å². The lowest BCUT2D eigenvalue weighted by molar-refractivity contribution is -0.384. The number of nitro benzene ring substituents is 1. The third-order valence-corrected chi connectivity index (χ3v) is 4.42. The van der Waals surface area contributed by atoms with E-state index in [9.17, 15) is 14.9 Å². The number of piperidine rings is 1. The Kier molecular flexibility index (Phi) is 6.33. The van der Waals surface area contributed by atoms with E-state index < -0.39 is 4.92 Å². The predicted molar refractivity (Wildman–Crippen MR) is 95.3 cm³/mol. The van der Waals surface area contributed by atoms with Crippen molar-refractivity contribution < 1.29 is 14.5 Å². The number of rotatable bonds is 4. The molecule has 130 valence electrons. The molecule has 1 heterocycles. The summed E-state index contributed by atoms with van der Waals surface area (Å²) in [5, 5.41) is 14.5. The van der Waals surface area contributed by atoms with Crippen LogP contribution >= 0.6 is 23.8 Å². The Balaban J connectivity index is 2.05. The molecule has 0 amide bonds. The zero-order valence-corrected chi connectivity index (χ0v) is 14.7. The summed E-state index contributed by atoms with van der Waals surface area (Å²) in [4.78, 5) is 24.1. The fraction of sp³-hybridized carbons (Fsp3) is 0.467. The first-order valence-corrected chi connectivity index (χ1v) is 8.37. The molecule has 0 unspecified atom stereocenters. The Morgan fingerprint density at radius 2 is 2.33 bits per heavy atom. The maximum Gasteiger partial charge on any atom is 0.310 e. The molecule has 1 aromatic rings. The van der Waals surface area contributed by atoms with Crippen molar-refractivity contribution in [3.8, 4) is 0 Å². The van der Waals surface area contributed by atoms with Crippen molar-refractivity contribution in [2.75, 3.05) is 25.0 Å². The molecule has 1 fully saturated rings. The number of anilines is 1. The van der Waals surface area contributed by atoms with Crippen molar-refractivity contribution in [2.24, 2.45) is 5.92 Å². The van der Waals surface area contributed by atoms with Crippen molar-refractivity contribution in [2.45, 2.75) is 19.8 Å². The number of hydrogen-bond acceptors (Lipinski definition) is 5. The van der Waals surface area contributed by atoms with Crippen LogP contribution in [-0.4, -0.2) is 40.6 Å². The molecule has 1 aromatic carbocycles. The molecule has 0 aliphatic carbocycles. The number of halogens is 1. The molecule has 1 saturated heterocycles. The van der Waals surface area contributed by atoms with Gasteiger partial charge in [0, 0.05) is 25.2 Å². The molecule has 24 heavy (non-hydrogen) atoms. The van der Waals surface area contributed by atoms with Crippen molar-refractivity contribution in [3.63, 3.8) is 0 Å². The molecule has 0 aromatic heterocycles. The van der Waals surface area contributed by atoms with Crippen LogP contribution in [0.5, 0.6) is 0 Å². The fourth-order valence-electron chi connectivity index (χ4n) is 2.53. The maximum absolute atomic E-state index is 11.9. The number of non-ortho nitro benzene ring substituents is 1. The number of ether oxygens (including phenoxy) is 1. The summed E-state index contributed by atoms with van der Waals surface area (Å²) in [7, 11) is 0. The van der Waals surface area contributed by atoms with E-state index in [1.807, 2.05) is 4.90 Å². The maximum atomic E-state index is 11.9. The topological polar surface area (TPSA) is 84.7 Å². The number of esters is 1. The average Bonchev–Trinajstić information content (AvgIpc) is 2.57. The average molecular weight is 372 g/mol. The van der Waals surface area contributed by atoms with Crippen LogP contribution in [0.25, 0.3) is 0 Å². The van der Waals surface area contributed by atoms with Crippen molar-refractivity contribution in [3.05, 3.63) is 33.3 Å². The van der Waals surface area contributed by atoms with E-state index in [0.717, 1.165) is 12.8 Å². The first-order chi connectivity index (χ1) is 11.4. The summed E-state index contributed by atoms with van der Waals surface area (Å²) in [5.41, 5.74) is 0.293. The fourth-order valence-corrected chi connectivity index (χ4v) is 2.97. The Bertz CT molecular complexity index is 656. The smallest absolute Gasteiger partial charge is 0.310 e. The lowest BCUT2D eigenvalue weighted by atomic mass is 9.98. The minimum absolute atomic E-state index is 0.0762. The molecule has 1 atom stereocenters. The highest BCUT2D eigenvalue weighted by Gasteiger charge is 2.28. The minimum Gasteiger partial charge on any atom is -0.466 e. The molecule has 1 aliphatic rings. The molecule has 0 spiro atoms. The summed E-state index contributed by atoms with van der Waals surface area (Å²) in [6.07, 6.45) is 1.57. The van der Waals surface area contributed by atoms with E-state index in [-0.39, 0.29) is 17.6 Å². The number of nitro groups is 1. The highest BCUT2D eigenvalue weighted by Crippen LogP contribution is 2.27. The van der Waals surface area contributed by atoms with Gasteiger partial charge in [-0.3, -0.25) is 14.9 Å². The van der Waals surface area contributed by atoms with E-state index in [4.69, 9.17) is 28.6 Å². The summed E-state index contributed by atoms with van der Waals surface area (Å²) in [6.45, 7) is 3.28. The summed E-state index contributed by atoms with van der Waals surface area (Å²) >= 11 is 11.4. The van der Waals surface area contributed by atoms with Crippen LogP contribution in [0, 0.1) is 16.0 Å². The molecule has 2 rings (SSSR count). The highest BCUT2D eigenvalue weighted by molar-refractivity contribution is 7.80. The molecule has 0 radical (unpaired) electrons. The quantitative estimate of drug-likeness (QED) is 0.376. The second-order valence-corrected chi connectivity index (χ2v) is 6.18. The first-order valence-electron chi connectivity index (χ1n) is 7.59. The number of nitrogens with zero attached hydrogens (tertiary/aromatic N) is 2. The minimum atomic E-state index is -0.498. The van der Waals surface area contributed by atoms with Crippen LogP contribution in [0.1, 0.15) is 19.8 Å². The van der Waals surface area contributed by atoms with E-state index >= 15 is 0 Å². The van der Waals surface area contributed by atoms with Crippen molar-refractivity contribution in [1.82, 2.24) is 4.90 Å². The van der Waals surface area contributed by atoms with Gasteiger partial charge in [0.05, 0.1) is 28.2 Å². The van der Waals surface area contributed by atoms with E-state index in [0.29, 0.717) is 35.5 Å². The Morgan fingerprint density at radius 1 is 1.58 bits per heavy atom. The predicted octanol–water partition coefficient (Wildman–Crippen LogP) is 3.22. The standard InChI is InChI=1S/C15H18ClN3O4S/c1-2-23-14(20)10-4-3-7-18(9-10)15(24)17-13-8-11(19(21)22)5-6-12(13)16/h5-6,8,10H,2-4,7,9H2,1H3,(H,17,24)/t10-/m0/s1. The van der Waals surface area contributed by atoms with Crippen LogP contribution in [-0.2, 0) is 9.53 Å². The number of carbonyl (C=O) groups excluding carboxylic acids is 1. The number of benzene rings is 1. The second kappa shape index (κ2) is 8.25. The number of likely N-dealkylation sites (tertiary alicyclic amines) is 1. The van der Waals surface area contributed by atoms with Crippen LogP contribution in [0.2, 0.25) is 5.02 Å². The van der Waals surface area contributed by atoms with Gasteiger partial charge in [-0.15, -0.1) is 0 Å². The molecule has 7 nitrogen and oxygen atoms in total. The van der Waals surface area contributed by atoms with Crippen LogP contribution in [0.4, 0.5) is 11.4 Å². The number of thiocarbonyl (C=S) groups is 1. The lowest BCUT2D eigenvalue weighted by Gasteiger charge is -2.33. The second-order valence-electron chi connectivity index (χ2n) is 5.39. The molecular weight excluding hydrogens is 354 g/mol.